The minimum absolute atomic E-state index is 0.0982. The summed E-state index contributed by atoms with van der Waals surface area (Å²) in [5.41, 5.74) is -0.452. The Morgan fingerprint density at radius 1 is 1.38 bits per heavy atom. The highest BCUT2D eigenvalue weighted by atomic mass is 35.5. The van der Waals surface area contributed by atoms with Gasteiger partial charge < -0.3 is 15.5 Å². The van der Waals surface area contributed by atoms with E-state index < -0.39 is 5.91 Å². The largest absolute Gasteiger partial charge is 0.507 e. The van der Waals surface area contributed by atoms with E-state index in [0.717, 1.165) is 12.8 Å². The molecule has 0 atom stereocenters. The number of alkyl halides is 1. The molecule has 5 heteroatoms. The summed E-state index contributed by atoms with van der Waals surface area (Å²) in [5.74, 6) is -0.618. The third kappa shape index (κ3) is 1.93. The Hall–Kier alpha value is -1.42. The molecule has 1 fully saturated rings. The number of rotatable bonds is 3. The zero-order valence-corrected chi connectivity index (χ0v) is 9.29. The van der Waals surface area contributed by atoms with E-state index in [4.69, 9.17) is 11.6 Å². The van der Waals surface area contributed by atoms with Gasteiger partial charge in [-0.3, -0.25) is 4.79 Å². The van der Waals surface area contributed by atoms with Crippen LogP contribution >= 0.6 is 11.6 Å². The van der Waals surface area contributed by atoms with Crippen molar-refractivity contribution in [3.63, 3.8) is 0 Å². The number of benzene rings is 1. The van der Waals surface area contributed by atoms with Crippen molar-refractivity contribution < 1.29 is 15.0 Å². The molecule has 1 aromatic carbocycles. The lowest BCUT2D eigenvalue weighted by atomic mass is 10.1. The van der Waals surface area contributed by atoms with Gasteiger partial charge >= 0.3 is 0 Å². The van der Waals surface area contributed by atoms with E-state index in [-0.39, 0.29) is 22.6 Å². The topological polar surface area (TPSA) is 69.6 Å². The number of phenolic OH excluding ortho intramolecular Hbond substituents is 2. The zero-order valence-electron chi connectivity index (χ0n) is 8.53. The van der Waals surface area contributed by atoms with E-state index in [9.17, 15) is 15.0 Å². The molecule has 1 aliphatic rings. The number of hydrogen-bond acceptors (Lipinski definition) is 3. The smallest absolute Gasteiger partial charge is 0.259 e. The second-order valence-electron chi connectivity index (χ2n) is 4.04. The fraction of sp³-hybridized carbons (Fsp3) is 0.364. The lowest BCUT2D eigenvalue weighted by Crippen LogP contribution is -2.38. The number of amides is 1. The van der Waals surface area contributed by atoms with Gasteiger partial charge in [-0.2, -0.15) is 0 Å². The molecule has 4 nitrogen and oxygen atoms in total. The van der Waals surface area contributed by atoms with Crippen molar-refractivity contribution in [1.82, 2.24) is 5.32 Å². The zero-order chi connectivity index (χ0) is 11.8. The Balaban J connectivity index is 2.21. The number of nitrogens with one attached hydrogen (secondary N) is 1. The summed E-state index contributed by atoms with van der Waals surface area (Å²) < 4.78 is 0. The molecule has 0 spiro atoms. The summed E-state index contributed by atoms with van der Waals surface area (Å²) in [6, 6.07) is 4.18. The first-order chi connectivity index (χ1) is 7.58. The molecule has 16 heavy (non-hydrogen) atoms. The molecule has 0 aromatic heterocycles. The summed E-state index contributed by atoms with van der Waals surface area (Å²) in [7, 11) is 0. The molecule has 1 aliphatic carbocycles. The fourth-order valence-corrected chi connectivity index (χ4v) is 1.84. The summed E-state index contributed by atoms with van der Waals surface area (Å²) in [4.78, 5) is 11.8. The highest BCUT2D eigenvalue weighted by Crippen LogP contribution is 2.37. The molecular formula is C11H12ClNO3. The van der Waals surface area contributed by atoms with Crippen molar-refractivity contribution in [3.8, 4) is 11.5 Å². The van der Waals surface area contributed by atoms with Crippen molar-refractivity contribution in [1.29, 1.82) is 0 Å². The standard InChI is InChI=1S/C11H12ClNO3/c12-6-11(4-5-11)13-10(16)9-7(14)2-1-3-8(9)15/h1-3,14-15H,4-6H2,(H,13,16). The van der Waals surface area contributed by atoms with Crippen LogP contribution in [0.3, 0.4) is 0 Å². The minimum atomic E-state index is -0.492. The van der Waals surface area contributed by atoms with Crippen molar-refractivity contribution in [2.24, 2.45) is 0 Å². The van der Waals surface area contributed by atoms with Gasteiger partial charge in [0.15, 0.2) is 0 Å². The van der Waals surface area contributed by atoms with E-state index >= 15 is 0 Å². The molecule has 0 saturated heterocycles. The van der Waals surface area contributed by atoms with Crippen LogP contribution in [0.4, 0.5) is 0 Å². The highest BCUT2D eigenvalue weighted by molar-refractivity contribution is 6.19. The first-order valence-electron chi connectivity index (χ1n) is 4.97. The van der Waals surface area contributed by atoms with E-state index in [0.29, 0.717) is 5.88 Å². The van der Waals surface area contributed by atoms with Crippen molar-refractivity contribution >= 4 is 17.5 Å². The van der Waals surface area contributed by atoms with Gasteiger partial charge in [-0.1, -0.05) is 6.07 Å². The number of halogens is 1. The Morgan fingerprint density at radius 3 is 2.38 bits per heavy atom. The van der Waals surface area contributed by atoms with E-state index in [2.05, 4.69) is 5.32 Å². The second-order valence-corrected chi connectivity index (χ2v) is 4.31. The lowest BCUT2D eigenvalue weighted by Gasteiger charge is -2.15. The van der Waals surface area contributed by atoms with Gasteiger partial charge in [0.25, 0.3) is 5.91 Å². The van der Waals surface area contributed by atoms with Crippen LogP contribution in [0.1, 0.15) is 23.2 Å². The van der Waals surface area contributed by atoms with E-state index in [1.807, 2.05) is 0 Å². The summed E-state index contributed by atoms with van der Waals surface area (Å²) >= 11 is 5.73. The SMILES string of the molecule is O=C(NC1(CCl)CC1)c1c(O)cccc1O. The molecule has 2 rings (SSSR count). The fourth-order valence-electron chi connectivity index (χ4n) is 1.51. The number of phenols is 2. The summed E-state index contributed by atoms with van der Waals surface area (Å²) in [5, 5.41) is 21.7. The van der Waals surface area contributed by atoms with Gasteiger partial charge in [0, 0.05) is 5.88 Å². The third-order valence-electron chi connectivity index (χ3n) is 2.74. The molecule has 0 radical (unpaired) electrons. The molecule has 0 aliphatic heterocycles. The van der Waals surface area contributed by atoms with E-state index in [1.54, 1.807) is 0 Å². The molecule has 1 amide bonds. The van der Waals surface area contributed by atoms with Gasteiger partial charge in [-0.05, 0) is 25.0 Å². The third-order valence-corrected chi connectivity index (χ3v) is 3.25. The van der Waals surface area contributed by atoms with Gasteiger partial charge in [0.2, 0.25) is 0 Å². The molecule has 1 aromatic rings. The Labute approximate surface area is 97.9 Å². The van der Waals surface area contributed by atoms with Crippen molar-refractivity contribution in [2.75, 3.05) is 5.88 Å². The van der Waals surface area contributed by atoms with Gasteiger partial charge in [0.05, 0.1) is 5.54 Å². The molecule has 86 valence electrons. The van der Waals surface area contributed by atoms with Crippen LogP contribution in [-0.4, -0.2) is 27.5 Å². The average Bonchev–Trinajstić information content (AvgIpc) is 2.98. The second kappa shape index (κ2) is 3.87. The monoisotopic (exact) mass is 241 g/mol. The predicted molar refractivity (Wildman–Crippen MR) is 59.9 cm³/mol. The van der Waals surface area contributed by atoms with Crippen molar-refractivity contribution in [2.45, 2.75) is 18.4 Å². The molecule has 1 saturated carbocycles. The number of aromatic hydroxyl groups is 2. The lowest BCUT2D eigenvalue weighted by molar-refractivity contribution is 0.0930. The Kier molecular flexibility index (Phi) is 2.68. The Bertz CT molecular complexity index is 409. The predicted octanol–water partition coefficient (Wildman–Crippen LogP) is 1.60. The maximum absolute atomic E-state index is 11.8. The molecule has 0 heterocycles. The van der Waals surface area contributed by atoms with Crippen LogP contribution in [0.5, 0.6) is 11.5 Å². The maximum atomic E-state index is 11.8. The number of carbonyl (C=O) groups excluding carboxylic acids is 1. The van der Waals surface area contributed by atoms with Crippen LogP contribution in [0.15, 0.2) is 18.2 Å². The highest BCUT2D eigenvalue weighted by Gasteiger charge is 2.43. The van der Waals surface area contributed by atoms with Crippen LogP contribution in [0.25, 0.3) is 0 Å². The number of hydrogen-bond donors (Lipinski definition) is 3. The first kappa shape index (κ1) is 11.1. The summed E-state index contributed by atoms with van der Waals surface area (Å²) in [6.07, 6.45) is 1.66. The Morgan fingerprint density at radius 2 is 1.94 bits per heavy atom. The normalized spacial score (nSPS) is 16.8. The molecular weight excluding hydrogens is 230 g/mol. The molecule has 0 bridgehead atoms. The van der Waals surface area contributed by atoms with Crippen LogP contribution in [-0.2, 0) is 0 Å². The van der Waals surface area contributed by atoms with Crippen molar-refractivity contribution in [3.05, 3.63) is 23.8 Å². The summed E-state index contributed by atoms with van der Waals surface area (Å²) in [6.45, 7) is 0. The van der Waals surface area contributed by atoms with Gasteiger partial charge in [-0.25, -0.2) is 0 Å². The average molecular weight is 242 g/mol. The first-order valence-corrected chi connectivity index (χ1v) is 5.51. The molecule has 3 N–H and O–H groups in total. The van der Waals surface area contributed by atoms with Gasteiger partial charge in [0.1, 0.15) is 17.1 Å². The van der Waals surface area contributed by atoms with Crippen LogP contribution < -0.4 is 5.32 Å². The minimum Gasteiger partial charge on any atom is -0.507 e. The van der Waals surface area contributed by atoms with Crippen LogP contribution in [0, 0.1) is 0 Å². The molecule has 0 unspecified atom stereocenters. The quantitative estimate of drug-likeness (QED) is 0.704. The van der Waals surface area contributed by atoms with Crippen LogP contribution in [0.2, 0.25) is 0 Å². The van der Waals surface area contributed by atoms with E-state index in [1.165, 1.54) is 18.2 Å². The number of carbonyl (C=O) groups is 1. The van der Waals surface area contributed by atoms with Gasteiger partial charge in [-0.15, -0.1) is 11.6 Å². The maximum Gasteiger partial charge on any atom is 0.259 e.